The summed E-state index contributed by atoms with van der Waals surface area (Å²) in [6, 6.07) is 54.5. The first-order valence-corrected chi connectivity index (χ1v) is 30.6. The fourth-order valence-corrected chi connectivity index (χ4v) is 17.6. The summed E-state index contributed by atoms with van der Waals surface area (Å²) in [7, 11) is 0. The molecule has 80 heavy (non-hydrogen) atoms. The van der Waals surface area contributed by atoms with Crippen molar-refractivity contribution in [3.05, 3.63) is 156 Å². The number of aromatic nitrogens is 4. The van der Waals surface area contributed by atoms with Crippen LogP contribution < -0.4 is 16.4 Å². The maximum atomic E-state index is 3.01. The van der Waals surface area contributed by atoms with Crippen molar-refractivity contribution in [2.45, 2.75) is 155 Å². The van der Waals surface area contributed by atoms with Crippen LogP contribution in [0.3, 0.4) is 0 Å². The molecule has 6 heterocycles. The smallest absolute Gasteiger partial charge is 0.252 e. The van der Waals surface area contributed by atoms with Crippen molar-refractivity contribution in [1.29, 1.82) is 0 Å². The monoisotopic (exact) mass is 1040 g/mol. The van der Waals surface area contributed by atoms with Gasteiger partial charge in [0.05, 0.1) is 33.3 Å². The molecule has 3 aliphatic carbocycles. The largest absolute Gasteiger partial charge is 0.332 e. The summed E-state index contributed by atoms with van der Waals surface area (Å²) in [6.07, 6.45) is 9.52. The number of hydrogen-bond acceptors (Lipinski definition) is 0. The second kappa shape index (κ2) is 15.3. The van der Waals surface area contributed by atoms with E-state index in [2.05, 4.69) is 235 Å². The van der Waals surface area contributed by atoms with Crippen molar-refractivity contribution in [1.82, 2.24) is 18.3 Å². The summed E-state index contributed by atoms with van der Waals surface area (Å²) in [6.45, 7) is 28.7. The molecule has 17 rings (SSSR count). The lowest BCUT2D eigenvalue weighted by Gasteiger charge is -2.58. The molecule has 0 N–H and O–H groups in total. The van der Waals surface area contributed by atoms with Crippen molar-refractivity contribution in [2.24, 2.45) is 17.8 Å². The van der Waals surface area contributed by atoms with Crippen LogP contribution in [0.15, 0.2) is 133 Å². The van der Waals surface area contributed by atoms with Gasteiger partial charge in [-0.3, -0.25) is 0 Å². The van der Waals surface area contributed by atoms with E-state index in [9.17, 15) is 0 Å². The number of fused-ring (bicyclic) bond motifs is 19. The first-order valence-electron chi connectivity index (χ1n) is 30.6. The lowest BCUT2D eigenvalue weighted by atomic mass is 9.34. The standard InChI is InChI=1S/C75H75BN4/c1-71(2,3)45-25-29-61-54(32-45)56-34-47(73(7,8)9)36-58-67(56)78(61)64-38-49(39-65-66(64)76(58)59-37-48(74(10,11)12)35-57-55-33-46(72(4,5)6)26-30-62(55)79(65)68(57)59)77-60-19-15-13-17-50(60)52-27-28-53-51-18-14-16-20-63(51)80(70(53)69(52)77)75-40-42-21-23-44(75)24-22-43(31-42)41-75/h13-20,25-30,32-39,42-44H,21-24,31,40-41H2,1-12H3. The Hall–Kier alpha value is -6.98. The lowest BCUT2D eigenvalue weighted by Crippen LogP contribution is -2.59. The van der Waals surface area contributed by atoms with Gasteiger partial charge in [0.2, 0.25) is 0 Å². The molecule has 8 aromatic carbocycles. The van der Waals surface area contributed by atoms with E-state index in [1.807, 2.05) is 0 Å². The summed E-state index contributed by atoms with van der Waals surface area (Å²) >= 11 is 0. The maximum absolute atomic E-state index is 3.01. The van der Waals surface area contributed by atoms with E-state index in [1.54, 1.807) is 0 Å². The predicted molar refractivity (Wildman–Crippen MR) is 343 cm³/mol. The van der Waals surface area contributed by atoms with E-state index in [0.29, 0.717) is 5.92 Å². The molecule has 3 bridgehead atoms. The Kier molecular flexibility index (Phi) is 9.15. The van der Waals surface area contributed by atoms with Crippen LogP contribution in [0.2, 0.25) is 0 Å². The van der Waals surface area contributed by atoms with E-state index >= 15 is 0 Å². The van der Waals surface area contributed by atoms with Crippen LogP contribution >= 0.6 is 0 Å². The minimum atomic E-state index is -0.0666. The van der Waals surface area contributed by atoms with E-state index < -0.39 is 0 Å². The highest BCUT2D eigenvalue weighted by molar-refractivity contribution is 7.00. The summed E-state index contributed by atoms with van der Waals surface area (Å²) in [5.41, 5.74) is 24.3. The van der Waals surface area contributed by atoms with Gasteiger partial charge in [-0.25, -0.2) is 0 Å². The Morgan fingerprint density at radius 2 is 0.838 bits per heavy atom. The van der Waals surface area contributed by atoms with Crippen LogP contribution in [0.5, 0.6) is 0 Å². The zero-order valence-corrected chi connectivity index (χ0v) is 49.2. The topological polar surface area (TPSA) is 19.7 Å². The van der Waals surface area contributed by atoms with Crippen LogP contribution in [0.25, 0.3) is 104 Å². The molecule has 12 aromatic rings. The average molecular weight is 1040 g/mol. The van der Waals surface area contributed by atoms with Gasteiger partial charge in [0.25, 0.3) is 6.71 Å². The molecule has 0 amide bonds. The van der Waals surface area contributed by atoms with Gasteiger partial charge >= 0.3 is 0 Å². The number of para-hydroxylation sites is 2. The van der Waals surface area contributed by atoms with Gasteiger partial charge in [-0.05, 0) is 184 Å². The molecule has 4 nitrogen and oxygen atoms in total. The van der Waals surface area contributed by atoms with E-state index in [1.165, 1.54) is 188 Å². The normalized spacial score (nSPS) is 20.8. The Morgan fingerprint density at radius 3 is 1.35 bits per heavy atom. The van der Waals surface area contributed by atoms with Gasteiger partial charge in [-0.1, -0.05) is 156 Å². The van der Waals surface area contributed by atoms with Gasteiger partial charge in [-0.15, -0.1) is 0 Å². The second-order valence-electron chi connectivity index (χ2n) is 30.3. The number of hydrogen-bond donors (Lipinski definition) is 0. The van der Waals surface area contributed by atoms with Crippen molar-refractivity contribution in [3.8, 4) is 17.1 Å². The van der Waals surface area contributed by atoms with E-state index in [0.717, 1.165) is 11.8 Å². The minimum Gasteiger partial charge on any atom is -0.332 e. The summed E-state index contributed by atoms with van der Waals surface area (Å²) in [4.78, 5) is 0. The molecule has 3 saturated carbocycles. The van der Waals surface area contributed by atoms with Crippen LogP contribution in [0, 0.1) is 17.8 Å². The zero-order valence-electron chi connectivity index (χ0n) is 49.2. The first kappa shape index (κ1) is 47.8. The molecule has 0 saturated heterocycles. The highest BCUT2D eigenvalue weighted by atomic mass is 15.1. The van der Waals surface area contributed by atoms with Gasteiger partial charge in [0.15, 0.2) is 0 Å². The molecule has 5 aliphatic rings. The maximum Gasteiger partial charge on any atom is 0.252 e. The van der Waals surface area contributed by atoms with Crippen LogP contribution in [-0.2, 0) is 27.2 Å². The SMILES string of the molecule is CC(C)(C)c1ccc2c(c1)c1cc(C(C)(C)C)cc3c1n2-c1cc(-n2c4ccccc4c4ccc5c6ccccc6n(C67CC8CCC6CCC(C8)C7)c5c42)cc2c1B3c1cc(C(C)(C)C)cc3c4cc(C(C)(C)C)ccc4n-2c13. The Balaban J connectivity index is 1.08. The molecule has 2 unspecified atom stereocenters. The van der Waals surface area contributed by atoms with E-state index in [4.69, 9.17) is 0 Å². The summed E-state index contributed by atoms with van der Waals surface area (Å²) in [5.74, 6) is 2.30. The molecule has 0 radical (unpaired) electrons. The summed E-state index contributed by atoms with van der Waals surface area (Å²) in [5, 5.41) is 10.9. The van der Waals surface area contributed by atoms with Crippen molar-refractivity contribution >= 4 is 110 Å². The van der Waals surface area contributed by atoms with Gasteiger partial charge < -0.3 is 18.3 Å². The molecule has 2 aliphatic heterocycles. The Bertz CT molecular complexity index is 4570. The first-order chi connectivity index (χ1) is 38.2. The molecule has 2 atom stereocenters. The quantitative estimate of drug-likeness (QED) is 0.154. The number of rotatable bonds is 2. The highest BCUT2D eigenvalue weighted by Crippen LogP contribution is 2.61. The second-order valence-corrected chi connectivity index (χ2v) is 30.3. The highest BCUT2D eigenvalue weighted by Gasteiger charge is 2.54. The van der Waals surface area contributed by atoms with E-state index in [-0.39, 0.29) is 33.9 Å². The predicted octanol–water partition coefficient (Wildman–Crippen LogP) is 17.7. The Labute approximate surface area is 471 Å². The third-order valence-electron chi connectivity index (χ3n) is 21.5. The third-order valence-corrected chi connectivity index (χ3v) is 21.5. The fourth-order valence-electron chi connectivity index (χ4n) is 17.6. The van der Waals surface area contributed by atoms with Crippen molar-refractivity contribution in [3.63, 3.8) is 0 Å². The molecule has 3 fully saturated rings. The van der Waals surface area contributed by atoms with Gasteiger partial charge in [0, 0.05) is 76.6 Å². The third kappa shape index (κ3) is 6.15. The fraction of sp³-hybridized carbons (Fsp3) is 0.360. The average Bonchev–Trinajstić information content (AvgIpc) is 4.18. The lowest BCUT2D eigenvalue weighted by molar-refractivity contribution is -0.0402. The van der Waals surface area contributed by atoms with Gasteiger partial charge in [-0.2, -0.15) is 0 Å². The Morgan fingerprint density at radius 1 is 0.388 bits per heavy atom. The number of benzene rings is 8. The van der Waals surface area contributed by atoms with Crippen LogP contribution in [0.4, 0.5) is 0 Å². The van der Waals surface area contributed by atoms with Crippen molar-refractivity contribution in [2.75, 3.05) is 0 Å². The number of nitrogens with zero attached hydrogens (tertiary/aromatic N) is 4. The molecule has 0 spiro atoms. The molecule has 4 aromatic heterocycles. The summed E-state index contributed by atoms with van der Waals surface area (Å²) < 4.78 is 11.2. The van der Waals surface area contributed by atoms with Crippen LogP contribution in [-0.4, -0.2) is 25.0 Å². The molecule has 398 valence electrons. The van der Waals surface area contributed by atoms with Crippen LogP contribution in [0.1, 0.15) is 150 Å². The zero-order chi connectivity index (χ0) is 54.6. The minimum absolute atomic E-state index is 0.00692. The molecular formula is C75H75BN4. The van der Waals surface area contributed by atoms with Gasteiger partial charge in [0.1, 0.15) is 0 Å². The van der Waals surface area contributed by atoms with Crippen molar-refractivity contribution < 1.29 is 0 Å². The molecule has 5 heteroatoms. The molecular weight excluding hydrogens is 968 g/mol.